The van der Waals surface area contributed by atoms with Crippen LogP contribution in [-0.2, 0) is 0 Å². The molecule has 70 valence electrons. The molecule has 1 rings (SSSR count). The maximum absolute atomic E-state index is 13.0. The largest absolute Gasteiger partial charge is 0.286 e. The Bertz CT molecular complexity index is 320. The van der Waals surface area contributed by atoms with Crippen molar-refractivity contribution in [1.29, 1.82) is 0 Å². The molecule has 0 atom stereocenters. The summed E-state index contributed by atoms with van der Waals surface area (Å²) in [7, 11) is 1.22. The number of aliphatic imine (C=N–C) groups is 1. The normalized spacial score (nSPS) is 12.2. The quantitative estimate of drug-likeness (QED) is 0.631. The van der Waals surface area contributed by atoms with Crippen molar-refractivity contribution >= 4 is 5.71 Å². The minimum atomic E-state index is -2.75. The van der Waals surface area contributed by atoms with Crippen molar-refractivity contribution in [2.75, 3.05) is 7.05 Å². The third kappa shape index (κ3) is 2.08. The molecular formula is C9H8F3N. The van der Waals surface area contributed by atoms with Crippen LogP contribution in [0.5, 0.6) is 0 Å². The molecule has 0 fully saturated rings. The van der Waals surface area contributed by atoms with Crippen LogP contribution in [0, 0.1) is 5.82 Å². The van der Waals surface area contributed by atoms with Gasteiger partial charge < -0.3 is 0 Å². The molecule has 1 aromatic rings. The van der Waals surface area contributed by atoms with Gasteiger partial charge in [-0.05, 0) is 12.1 Å². The molecule has 0 aliphatic rings. The third-order valence-electron chi connectivity index (χ3n) is 1.60. The molecule has 0 amide bonds. The Morgan fingerprint density at radius 3 is 2.38 bits per heavy atom. The average molecular weight is 187 g/mol. The van der Waals surface area contributed by atoms with Crippen LogP contribution in [0.2, 0.25) is 0 Å². The van der Waals surface area contributed by atoms with Crippen molar-refractivity contribution in [2.24, 2.45) is 4.99 Å². The molecule has 0 saturated heterocycles. The molecule has 0 bridgehead atoms. The smallest absolute Gasteiger partial charge is 0.280 e. The Morgan fingerprint density at radius 2 is 1.92 bits per heavy atom. The summed E-state index contributed by atoms with van der Waals surface area (Å²) in [5, 5.41) is 0. The standard InChI is InChI=1S/C9H8F3N/c1-13-8(9(11)12)6-4-2-3-5-7(6)10/h2-5,9H,1H3. The minimum Gasteiger partial charge on any atom is -0.286 e. The first kappa shape index (κ1) is 9.77. The van der Waals surface area contributed by atoms with Gasteiger partial charge in [0.15, 0.2) is 0 Å². The number of hydrogen-bond acceptors (Lipinski definition) is 1. The summed E-state index contributed by atoms with van der Waals surface area (Å²) in [6.07, 6.45) is -2.75. The van der Waals surface area contributed by atoms with Gasteiger partial charge >= 0.3 is 0 Å². The molecule has 0 N–H and O–H groups in total. The molecule has 0 aliphatic heterocycles. The second-order valence-electron chi connectivity index (χ2n) is 2.39. The van der Waals surface area contributed by atoms with Crippen molar-refractivity contribution < 1.29 is 13.2 Å². The number of alkyl halides is 2. The van der Waals surface area contributed by atoms with Gasteiger partial charge in [0.05, 0.1) is 0 Å². The van der Waals surface area contributed by atoms with E-state index in [-0.39, 0.29) is 5.56 Å². The monoisotopic (exact) mass is 187 g/mol. The Morgan fingerprint density at radius 1 is 1.31 bits per heavy atom. The molecule has 0 spiro atoms. The SMILES string of the molecule is CN=C(c1ccccc1F)C(F)F. The first-order chi connectivity index (χ1) is 6.16. The summed E-state index contributed by atoms with van der Waals surface area (Å²) in [6.45, 7) is 0. The zero-order valence-electron chi connectivity index (χ0n) is 6.97. The topological polar surface area (TPSA) is 12.4 Å². The Balaban J connectivity index is 3.13. The van der Waals surface area contributed by atoms with E-state index in [1.54, 1.807) is 0 Å². The zero-order valence-corrected chi connectivity index (χ0v) is 6.97. The van der Waals surface area contributed by atoms with Crippen LogP contribution in [0.1, 0.15) is 5.56 Å². The van der Waals surface area contributed by atoms with Gasteiger partial charge in [-0.1, -0.05) is 12.1 Å². The van der Waals surface area contributed by atoms with Crippen molar-refractivity contribution in [3.63, 3.8) is 0 Å². The average Bonchev–Trinajstić information content (AvgIpc) is 2.09. The fraction of sp³-hybridized carbons (Fsp3) is 0.222. The molecule has 0 aromatic heterocycles. The lowest BCUT2D eigenvalue weighted by Crippen LogP contribution is -2.13. The summed E-state index contributed by atoms with van der Waals surface area (Å²) in [4.78, 5) is 3.35. The number of benzene rings is 1. The summed E-state index contributed by atoms with van der Waals surface area (Å²) >= 11 is 0. The fourth-order valence-corrected chi connectivity index (χ4v) is 1.00. The molecule has 0 aliphatic carbocycles. The molecule has 4 heteroatoms. The molecule has 0 radical (unpaired) electrons. The summed E-state index contributed by atoms with van der Waals surface area (Å²) in [5.41, 5.74) is -0.655. The second kappa shape index (κ2) is 4.07. The Labute approximate surface area is 73.9 Å². The van der Waals surface area contributed by atoms with E-state index in [1.165, 1.54) is 25.2 Å². The molecule has 0 unspecified atom stereocenters. The summed E-state index contributed by atoms with van der Waals surface area (Å²) < 4.78 is 37.5. The molecule has 1 aromatic carbocycles. The van der Waals surface area contributed by atoms with Crippen LogP contribution in [-0.4, -0.2) is 19.2 Å². The van der Waals surface area contributed by atoms with Gasteiger partial charge in [-0.2, -0.15) is 0 Å². The highest BCUT2D eigenvalue weighted by Crippen LogP contribution is 2.12. The Kier molecular flexibility index (Phi) is 3.06. The van der Waals surface area contributed by atoms with Gasteiger partial charge in [-0.15, -0.1) is 0 Å². The highest BCUT2D eigenvalue weighted by Gasteiger charge is 2.17. The molecule has 1 nitrogen and oxygen atoms in total. The van der Waals surface area contributed by atoms with E-state index in [4.69, 9.17) is 0 Å². The van der Waals surface area contributed by atoms with Crippen LogP contribution >= 0.6 is 0 Å². The third-order valence-corrected chi connectivity index (χ3v) is 1.60. The van der Waals surface area contributed by atoms with Crippen LogP contribution in [0.3, 0.4) is 0 Å². The van der Waals surface area contributed by atoms with Gasteiger partial charge in [0.1, 0.15) is 11.5 Å². The van der Waals surface area contributed by atoms with E-state index in [0.717, 1.165) is 6.07 Å². The van der Waals surface area contributed by atoms with Crippen molar-refractivity contribution in [2.45, 2.75) is 6.43 Å². The molecule has 13 heavy (non-hydrogen) atoms. The number of halogens is 3. The van der Waals surface area contributed by atoms with E-state index in [2.05, 4.69) is 4.99 Å². The van der Waals surface area contributed by atoms with Gasteiger partial charge in [-0.3, -0.25) is 4.99 Å². The highest BCUT2D eigenvalue weighted by molar-refractivity contribution is 6.02. The first-order valence-electron chi connectivity index (χ1n) is 3.66. The molecule has 0 heterocycles. The van der Waals surface area contributed by atoms with E-state index in [0.29, 0.717) is 0 Å². The van der Waals surface area contributed by atoms with E-state index < -0.39 is 18.0 Å². The van der Waals surface area contributed by atoms with Gasteiger partial charge in [0.2, 0.25) is 0 Å². The van der Waals surface area contributed by atoms with Crippen LogP contribution in [0.15, 0.2) is 29.3 Å². The second-order valence-corrected chi connectivity index (χ2v) is 2.39. The zero-order chi connectivity index (χ0) is 9.84. The molecular weight excluding hydrogens is 179 g/mol. The highest BCUT2D eigenvalue weighted by atomic mass is 19.3. The number of hydrogen-bond donors (Lipinski definition) is 0. The predicted octanol–water partition coefficient (Wildman–Crippen LogP) is 2.51. The van der Waals surface area contributed by atoms with E-state index >= 15 is 0 Å². The maximum Gasteiger partial charge on any atom is 0.280 e. The lowest BCUT2D eigenvalue weighted by atomic mass is 10.1. The van der Waals surface area contributed by atoms with Gasteiger partial charge in [0, 0.05) is 12.6 Å². The van der Waals surface area contributed by atoms with E-state index in [1.807, 2.05) is 0 Å². The lowest BCUT2D eigenvalue weighted by Gasteiger charge is -2.04. The van der Waals surface area contributed by atoms with Gasteiger partial charge in [-0.25, -0.2) is 13.2 Å². The summed E-state index contributed by atoms with van der Waals surface area (Å²) in [6, 6.07) is 5.34. The molecule has 0 saturated carbocycles. The lowest BCUT2D eigenvalue weighted by molar-refractivity contribution is 0.226. The van der Waals surface area contributed by atoms with Gasteiger partial charge in [0.25, 0.3) is 6.43 Å². The van der Waals surface area contributed by atoms with Crippen molar-refractivity contribution in [3.8, 4) is 0 Å². The van der Waals surface area contributed by atoms with Crippen LogP contribution in [0.25, 0.3) is 0 Å². The summed E-state index contributed by atoms with van der Waals surface area (Å²) in [5.74, 6) is -0.677. The predicted molar refractivity (Wildman–Crippen MR) is 44.9 cm³/mol. The number of nitrogens with zero attached hydrogens (tertiary/aromatic N) is 1. The van der Waals surface area contributed by atoms with Crippen molar-refractivity contribution in [3.05, 3.63) is 35.6 Å². The Hall–Kier alpha value is -1.32. The van der Waals surface area contributed by atoms with Crippen molar-refractivity contribution in [1.82, 2.24) is 0 Å². The first-order valence-corrected chi connectivity index (χ1v) is 3.66. The maximum atomic E-state index is 13.0. The van der Waals surface area contributed by atoms with Crippen LogP contribution < -0.4 is 0 Å². The number of rotatable bonds is 2. The fourth-order valence-electron chi connectivity index (χ4n) is 1.00. The minimum absolute atomic E-state index is 0.139. The van der Waals surface area contributed by atoms with Crippen LogP contribution in [0.4, 0.5) is 13.2 Å². The van der Waals surface area contributed by atoms with E-state index in [9.17, 15) is 13.2 Å².